The van der Waals surface area contributed by atoms with E-state index < -0.39 is 10.0 Å². The molecule has 4 heterocycles. The molecule has 0 amide bonds. The van der Waals surface area contributed by atoms with Gasteiger partial charge in [0.05, 0.1) is 30.2 Å². The van der Waals surface area contributed by atoms with E-state index in [4.69, 9.17) is 26.2 Å². The number of nitrogens with zero attached hydrogens (tertiary/aromatic N) is 4. The van der Waals surface area contributed by atoms with Crippen molar-refractivity contribution in [3.63, 3.8) is 0 Å². The molecule has 0 spiro atoms. The molecule has 0 unspecified atom stereocenters. The number of benzene rings is 2. The van der Waals surface area contributed by atoms with Gasteiger partial charge in [0.25, 0.3) is 0 Å². The first-order valence-corrected chi connectivity index (χ1v) is 18.6. The summed E-state index contributed by atoms with van der Waals surface area (Å²) >= 11 is 6.65. The Hall–Kier alpha value is -2.75. The van der Waals surface area contributed by atoms with Gasteiger partial charge in [-0.2, -0.15) is 9.40 Å². The second kappa shape index (κ2) is 15.4. The third-order valence-electron chi connectivity index (χ3n) is 9.13. The standard InChI is InChI=1S/C35H44ClN5O4S/c1-46(42,43)40-15-10-34-32(26-40)35(38-41(34)14-3-13-39-16-20-45-21-17-39)31-8-9-33(36)30(23-31)7-6-27-4-2-5-29(22-27)25-37-24-28-11-18-44-19-12-28/h2,4-5,8-9,22-23,28,37H,3,10-21,24-26H2,1H3. The molecule has 2 fully saturated rings. The maximum Gasteiger partial charge on any atom is 0.211 e. The van der Waals surface area contributed by atoms with E-state index in [1.54, 1.807) is 4.31 Å². The number of morpholine rings is 1. The minimum absolute atomic E-state index is 0.311. The van der Waals surface area contributed by atoms with Crippen molar-refractivity contribution in [3.05, 3.63) is 75.4 Å². The van der Waals surface area contributed by atoms with Crippen LogP contribution < -0.4 is 5.32 Å². The van der Waals surface area contributed by atoms with Crippen LogP contribution in [0.25, 0.3) is 11.3 Å². The predicted molar refractivity (Wildman–Crippen MR) is 181 cm³/mol. The van der Waals surface area contributed by atoms with Gasteiger partial charge < -0.3 is 14.8 Å². The average molecular weight is 666 g/mol. The van der Waals surface area contributed by atoms with Gasteiger partial charge in [-0.3, -0.25) is 9.58 Å². The Balaban J connectivity index is 1.20. The number of hydrogen-bond acceptors (Lipinski definition) is 7. The van der Waals surface area contributed by atoms with Crippen molar-refractivity contribution in [3.8, 4) is 23.1 Å². The van der Waals surface area contributed by atoms with Gasteiger partial charge in [-0.1, -0.05) is 41.6 Å². The van der Waals surface area contributed by atoms with Crippen molar-refractivity contribution < 1.29 is 17.9 Å². The quantitative estimate of drug-likeness (QED) is 0.326. The van der Waals surface area contributed by atoms with Crippen LogP contribution >= 0.6 is 11.6 Å². The van der Waals surface area contributed by atoms with E-state index in [1.165, 1.54) is 11.8 Å². The van der Waals surface area contributed by atoms with Crippen LogP contribution in [0, 0.1) is 17.8 Å². The molecule has 1 aromatic heterocycles. The van der Waals surface area contributed by atoms with Crippen LogP contribution in [-0.4, -0.2) is 92.8 Å². The van der Waals surface area contributed by atoms with Gasteiger partial charge in [0.2, 0.25) is 10.0 Å². The fourth-order valence-corrected chi connectivity index (χ4v) is 7.42. The molecule has 3 aliphatic heterocycles. The molecule has 246 valence electrons. The molecule has 0 atom stereocenters. The number of fused-ring (bicyclic) bond motifs is 1. The van der Waals surface area contributed by atoms with Crippen molar-refractivity contribution in [2.75, 3.05) is 65.4 Å². The largest absolute Gasteiger partial charge is 0.381 e. The normalized spacial score (nSPS) is 18.2. The zero-order valence-corrected chi connectivity index (χ0v) is 28.2. The summed E-state index contributed by atoms with van der Waals surface area (Å²) < 4.78 is 39.6. The first kappa shape index (κ1) is 33.2. The molecule has 1 N–H and O–H groups in total. The van der Waals surface area contributed by atoms with E-state index in [2.05, 4.69) is 38.9 Å². The second-order valence-corrected chi connectivity index (χ2v) is 14.9. The number of halogens is 1. The summed E-state index contributed by atoms with van der Waals surface area (Å²) in [5.41, 5.74) is 6.60. The number of rotatable bonds is 10. The van der Waals surface area contributed by atoms with Crippen molar-refractivity contribution in [2.45, 2.75) is 45.3 Å². The van der Waals surface area contributed by atoms with Gasteiger partial charge in [0.1, 0.15) is 0 Å². The molecule has 2 saturated heterocycles. The molecule has 11 heteroatoms. The Morgan fingerprint density at radius 2 is 1.80 bits per heavy atom. The Labute approximate surface area is 278 Å². The lowest BCUT2D eigenvalue weighted by Gasteiger charge is -2.27. The number of aryl methyl sites for hydroxylation is 1. The Morgan fingerprint density at radius 1 is 1.00 bits per heavy atom. The number of sulfonamides is 1. The van der Waals surface area contributed by atoms with Gasteiger partial charge in [0, 0.05) is 93.4 Å². The van der Waals surface area contributed by atoms with Crippen LogP contribution in [0.5, 0.6) is 0 Å². The lowest BCUT2D eigenvalue weighted by Crippen LogP contribution is -2.37. The number of hydrogen-bond donors (Lipinski definition) is 1. The molecule has 3 aliphatic rings. The smallest absolute Gasteiger partial charge is 0.211 e. The van der Waals surface area contributed by atoms with E-state index in [9.17, 15) is 8.42 Å². The van der Waals surface area contributed by atoms with Crippen molar-refractivity contribution >= 4 is 21.6 Å². The molecule has 2 aromatic carbocycles. The van der Waals surface area contributed by atoms with Gasteiger partial charge in [0.15, 0.2) is 0 Å². The Morgan fingerprint density at radius 3 is 2.61 bits per heavy atom. The van der Waals surface area contributed by atoms with E-state index in [0.29, 0.717) is 36.0 Å². The highest BCUT2D eigenvalue weighted by atomic mass is 35.5. The monoisotopic (exact) mass is 665 g/mol. The Bertz CT molecular complexity index is 1670. The highest BCUT2D eigenvalue weighted by Crippen LogP contribution is 2.33. The molecule has 46 heavy (non-hydrogen) atoms. The van der Waals surface area contributed by atoms with Crippen LogP contribution in [0.2, 0.25) is 5.02 Å². The topological polar surface area (TPSA) is 88.9 Å². The van der Waals surface area contributed by atoms with Crippen LogP contribution in [0.3, 0.4) is 0 Å². The van der Waals surface area contributed by atoms with Crippen molar-refractivity contribution in [2.24, 2.45) is 5.92 Å². The summed E-state index contributed by atoms with van der Waals surface area (Å²) in [5.74, 6) is 7.27. The molecule has 0 radical (unpaired) electrons. The molecule has 0 bridgehead atoms. The predicted octanol–water partition coefficient (Wildman–Crippen LogP) is 4.16. The third-order valence-corrected chi connectivity index (χ3v) is 10.7. The number of ether oxygens (including phenoxy) is 2. The summed E-state index contributed by atoms with van der Waals surface area (Å²) in [6.45, 7) is 9.53. The summed E-state index contributed by atoms with van der Waals surface area (Å²) in [7, 11) is -3.33. The fourth-order valence-electron chi connectivity index (χ4n) is 6.47. The van der Waals surface area contributed by atoms with Crippen LogP contribution in [0.1, 0.15) is 47.2 Å². The summed E-state index contributed by atoms with van der Waals surface area (Å²) in [6, 6.07) is 14.1. The van der Waals surface area contributed by atoms with E-state index in [-0.39, 0.29) is 0 Å². The van der Waals surface area contributed by atoms with E-state index in [0.717, 1.165) is 113 Å². The second-order valence-electron chi connectivity index (χ2n) is 12.5. The summed E-state index contributed by atoms with van der Waals surface area (Å²) in [6.07, 6.45) is 5.11. The fraction of sp³-hybridized carbons (Fsp3) is 0.514. The summed E-state index contributed by atoms with van der Waals surface area (Å²) in [5, 5.41) is 9.24. The number of aromatic nitrogens is 2. The number of nitrogens with one attached hydrogen (secondary N) is 1. The summed E-state index contributed by atoms with van der Waals surface area (Å²) in [4.78, 5) is 2.43. The maximum atomic E-state index is 12.5. The van der Waals surface area contributed by atoms with Gasteiger partial charge in [-0.25, -0.2) is 8.42 Å². The molecule has 9 nitrogen and oxygen atoms in total. The van der Waals surface area contributed by atoms with Gasteiger partial charge in [-0.05, 0) is 61.6 Å². The van der Waals surface area contributed by atoms with E-state index in [1.807, 2.05) is 30.3 Å². The van der Waals surface area contributed by atoms with Crippen LogP contribution in [0.4, 0.5) is 0 Å². The molecule has 6 rings (SSSR count). The minimum Gasteiger partial charge on any atom is -0.381 e. The van der Waals surface area contributed by atoms with Gasteiger partial charge in [-0.15, -0.1) is 0 Å². The maximum absolute atomic E-state index is 12.5. The van der Waals surface area contributed by atoms with Crippen LogP contribution in [-0.2, 0) is 45.6 Å². The van der Waals surface area contributed by atoms with Crippen LogP contribution in [0.15, 0.2) is 42.5 Å². The zero-order chi connectivity index (χ0) is 31.9. The third kappa shape index (κ3) is 8.58. The molecule has 0 saturated carbocycles. The molecule has 3 aromatic rings. The highest BCUT2D eigenvalue weighted by Gasteiger charge is 2.30. The SMILES string of the molecule is CS(=O)(=O)N1CCc2c(c(-c3ccc(Cl)c(C#Cc4cccc(CNCC5CCOCC5)c4)c3)nn2CCCN2CCOCC2)C1. The highest BCUT2D eigenvalue weighted by molar-refractivity contribution is 7.88. The lowest BCUT2D eigenvalue weighted by atomic mass is 10.00. The van der Waals surface area contributed by atoms with Gasteiger partial charge >= 0.3 is 0 Å². The zero-order valence-electron chi connectivity index (χ0n) is 26.6. The molecular weight excluding hydrogens is 622 g/mol. The lowest BCUT2D eigenvalue weighted by molar-refractivity contribution is 0.0368. The first-order chi connectivity index (χ1) is 22.3. The minimum atomic E-state index is -3.33. The van der Waals surface area contributed by atoms with E-state index >= 15 is 0 Å². The van der Waals surface area contributed by atoms with Crippen molar-refractivity contribution in [1.82, 2.24) is 24.3 Å². The molecule has 0 aliphatic carbocycles. The molecular formula is C35H44ClN5O4S. The van der Waals surface area contributed by atoms with Crippen molar-refractivity contribution in [1.29, 1.82) is 0 Å². The average Bonchev–Trinajstić information content (AvgIpc) is 3.43. The Kier molecular flexibility index (Phi) is 11.1. The first-order valence-electron chi connectivity index (χ1n) is 16.4.